The van der Waals surface area contributed by atoms with Gasteiger partial charge >= 0.3 is 5.97 Å². The molecule has 1 heterocycles. The van der Waals surface area contributed by atoms with Crippen molar-refractivity contribution in [1.29, 1.82) is 0 Å². The minimum absolute atomic E-state index is 0.0177. The number of carbonyl (C=O) groups excluding carboxylic acids is 1. The highest BCUT2D eigenvalue weighted by atomic mass is 16.4. The fourth-order valence-electron chi connectivity index (χ4n) is 3.95. The van der Waals surface area contributed by atoms with Crippen LogP contribution in [0.15, 0.2) is 12.3 Å². The molecule has 1 aliphatic rings. The van der Waals surface area contributed by atoms with E-state index >= 15 is 0 Å². The Hall–Kier alpha value is -1.48. The Kier molecular flexibility index (Phi) is 12.8. The van der Waals surface area contributed by atoms with E-state index < -0.39 is 5.97 Å². The van der Waals surface area contributed by atoms with E-state index in [1.54, 1.807) is 0 Å². The van der Waals surface area contributed by atoms with E-state index in [4.69, 9.17) is 0 Å². The summed E-state index contributed by atoms with van der Waals surface area (Å²) in [5.74, 6) is -0.669. The molecule has 1 aliphatic heterocycles. The number of hydrogen-bond acceptors (Lipinski definition) is 7. The summed E-state index contributed by atoms with van der Waals surface area (Å²) >= 11 is 0. The Morgan fingerprint density at radius 3 is 1.90 bits per heavy atom. The van der Waals surface area contributed by atoms with Crippen molar-refractivity contribution in [3.8, 4) is 0 Å². The van der Waals surface area contributed by atoms with E-state index in [0.29, 0.717) is 45.3 Å². The molecule has 0 spiro atoms. The molecule has 0 saturated carbocycles. The fourth-order valence-corrected chi connectivity index (χ4v) is 3.95. The van der Waals surface area contributed by atoms with Gasteiger partial charge in [0.2, 0.25) is 0 Å². The van der Waals surface area contributed by atoms with E-state index in [0.717, 1.165) is 51.7 Å². The van der Waals surface area contributed by atoms with Crippen LogP contribution in [0.2, 0.25) is 0 Å². The van der Waals surface area contributed by atoms with Crippen LogP contribution in [0, 0.1) is 0 Å². The van der Waals surface area contributed by atoms with Gasteiger partial charge in [-0.15, -0.1) is 0 Å². The summed E-state index contributed by atoms with van der Waals surface area (Å²) in [6.45, 7) is 14.7. The van der Waals surface area contributed by atoms with Gasteiger partial charge in [-0.2, -0.15) is 0 Å². The molecular formula is C21H40N4O4. The Balaban J connectivity index is 2.95. The number of rotatable bonds is 10. The fraction of sp³-hybridized carbons (Fsp3) is 0.810. The zero-order chi connectivity index (χ0) is 21.6. The summed E-state index contributed by atoms with van der Waals surface area (Å²) in [6.07, 6.45) is 4.19. The third kappa shape index (κ3) is 10.7. The van der Waals surface area contributed by atoms with Crippen molar-refractivity contribution in [2.45, 2.75) is 39.2 Å². The molecule has 8 heteroatoms. The van der Waals surface area contributed by atoms with Gasteiger partial charge in [-0.1, -0.05) is 26.8 Å². The third-order valence-corrected chi connectivity index (χ3v) is 5.58. The second-order valence-electron chi connectivity index (χ2n) is 7.87. The van der Waals surface area contributed by atoms with Gasteiger partial charge in [0, 0.05) is 58.4 Å². The van der Waals surface area contributed by atoms with Gasteiger partial charge < -0.3 is 15.0 Å². The van der Waals surface area contributed by atoms with Gasteiger partial charge in [-0.25, -0.2) is 0 Å². The number of aliphatic hydroxyl groups is 1. The molecule has 0 aliphatic carbocycles. The van der Waals surface area contributed by atoms with E-state index in [2.05, 4.69) is 30.2 Å². The number of aliphatic hydroxyl groups excluding tert-OH is 1. The van der Waals surface area contributed by atoms with Gasteiger partial charge in [-0.3, -0.25) is 24.4 Å². The largest absolute Gasteiger partial charge is 0.512 e. The van der Waals surface area contributed by atoms with Crippen molar-refractivity contribution in [2.75, 3.05) is 72.0 Å². The average molecular weight is 413 g/mol. The van der Waals surface area contributed by atoms with E-state index in [9.17, 15) is 19.8 Å². The lowest BCUT2D eigenvalue weighted by atomic mass is 10.1. The monoisotopic (exact) mass is 412 g/mol. The van der Waals surface area contributed by atoms with Crippen LogP contribution in [-0.2, 0) is 9.59 Å². The van der Waals surface area contributed by atoms with Crippen molar-refractivity contribution in [2.24, 2.45) is 0 Å². The topological polar surface area (TPSA) is 87.6 Å². The molecular weight excluding hydrogens is 372 g/mol. The van der Waals surface area contributed by atoms with Crippen LogP contribution in [-0.4, -0.2) is 120 Å². The number of aldehydes is 1. The third-order valence-electron chi connectivity index (χ3n) is 5.58. The van der Waals surface area contributed by atoms with Gasteiger partial charge in [0.05, 0.1) is 25.4 Å². The molecule has 0 radical (unpaired) electrons. The van der Waals surface area contributed by atoms with Crippen LogP contribution < -0.4 is 0 Å². The van der Waals surface area contributed by atoms with E-state index in [-0.39, 0.29) is 12.3 Å². The predicted molar refractivity (Wildman–Crippen MR) is 115 cm³/mol. The van der Waals surface area contributed by atoms with Crippen molar-refractivity contribution < 1.29 is 19.8 Å². The summed E-state index contributed by atoms with van der Waals surface area (Å²) in [6, 6.07) is 0.473. The van der Waals surface area contributed by atoms with Crippen LogP contribution in [0.25, 0.3) is 0 Å². The Labute approximate surface area is 175 Å². The van der Waals surface area contributed by atoms with Crippen molar-refractivity contribution in [3.05, 3.63) is 12.3 Å². The average Bonchev–Trinajstić information content (AvgIpc) is 2.65. The molecule has 8 nitrogen and oxygen atoms in total. The molecule has 29 heavy (non-hydrogen) atoms. The second kappa shape index (κ2) is 14.5. The first-order chi connectivity index (χ1) is 13.9. The zero-order valence-corrected chi connectivity index (χ0v) is 18.3. The maximum atomic E-state index is 11.3. The highest BCUT2D eigenvalue weighted by Crippen LogP contribution is 2.12. The molecule has 0 bridgehead atoms. The summed E-state index contributed by atoms with van der Waals surface area (Å²) in [4.78, 5) is 31.0. The lowest BCUT2D eigenvalue weighted by Crippen LogP contribution is -2.49. The highest BCUT2D eigenvalue weighted by molar-refractivity contribution is 5.69. The van der Waals surface area contributed by atoms with Crippen LogP contribution >= 0.6 is 0 Å². The van der Waals surface area contributed by atoms with Crippen molar-refractivity contribution in [1.82, 2.24) is 19.6 Å². The number of carboxylic acids is 1. The van der Waals surface area contributed by atoms with Crippen LogP contribution in [0.4, 0.5) is 0 Å². The molecule has 1 unspecified atom stereocenters. The summed E-state index contributed by atoms with van der Waals surface area (Å²) in [7, 11) is 0. The van der Waals surface area contributed by atoms with Crippen LogP contribution in [0.3, 0.4) is 0 Å². The first kappa shape index (κ1) is 25.6. The van der Waals surface area contributed by atoms with Crippen molar-refractivity contribution >= 4 is 12.3 Å². The Morgan fingerprint density at radius 1 is 0.931 bits per heavy atom. The molecule has 168 valence electrons. The summed E-state index contributed by atoms with van der Waals surface area (Å²) in [5, 5.41) is 19.0. The molecule has 2 N–H and O–H groups in total. The summed E-state index contributed by atoms with van der Waals surface area (Å²) < 4.78 is 0. The predicted octanol–water partition coefficient (Wildman–Crippen LogP) is 1.14. The lowest BCUT2D eigenvalue weighted by Gasteiger charge is -2.36. The molecule has 0 amide bonds. The number of hydrogen-bond donors (Lipinski definition) is 2. The first-order valence-electron chi connectivity index (χ1n) is 10.8. The minimum atomic E-state index is -0.821. The number of carboxylic acid groups (broad SMARTS) is 1. The smallest absolute Gasteiger partial charge is 0.317 e. The molecule has 0 aromatic carbocycles. The lowest BCUT2D eigenvalue weighted by molar-refractivity contribution is -0.138. The number of aliphatic carboxylic acids is 1. The van der Waals surface area contributed by atoms with Crippen LogP contribution in [0.5, 0.6) is 0 Å². The Morgan fingerprint density at radius 2 is 1.45 bits per heavy atom. The molecule has 1 rings (SSSR count). The standard InChI is InChI=1S/C21H40N4O4/c1-4-6-20(5-2)25-13-11-23(17-19(3)27)9-7-22(15-16-26)8-10-24(12-14-25)18-21(28)29/h16,20,27H,3-15,17-18H2,1-2H3,(H,28,29). The van der Waals surface area contributed by atoms with Crippen LogP contribution in [0.1, 0.15) is 33.1 Å². The Bertz CT molecular complexity index is 471. The SMILES string of the molecule is C=C(O)CN1CCN(CC=O)CCN(CC(=O)O)CCN(C(CC)CCC)CC1. The van der Waals surface area contributed by atoms with Gasteiger partial charge in [0.25, 0.3) is 0 Å². The maximum absolute atomic E-state index is 11.3. The normalized spacial score (nSPS) is 20.5. The van der Waals surface area contributed by atoms with Gasteiger partial charge in [0.15, 0.2) is 0 Å². The maximum Gasteiger partial charge on any atom is 0.317 e. The molecule has 1 saturated heterocycles. The van der Waals surface area contributed by atoms with Gasteiger partial charge in [0.1, 0.15) is 6.29 Å². The highest BCUT2D eigenvalue weighted by Gasteiger charge is 2.21. The molecule has 0 aromatic rings. The first-order valence-corrected chi connectivity index (χ1v) is 10.8. The second-order valence-corrected chi connectivity index (χ2v) is 7.87. The molecule has 1 atom stereocenters. The molecule has 0 aromatic heterocycles. The number of nitrogens with zero attached hydrogens (tertiary/aromatic N) is 4. The summed E-state index contributed by atoms with van der Waals surface area (Å²) in [5.41, 5.74) is 0. The van der Waals surface area contributed by atoms with E-state index in [1.165, 1.54) is 0 Å². The zero-order valence-electron chi connectivity index (χ0n) is 18.3. The van der Waals surface area contributed by atoms with Gasteiger partial charge in [-0.05, 0) is 12.8 Å². The molecule has 1 fully saturated rings. The quantitative estimate of drug-likeness (QED) is 0.408. The van der Waals surface area contributed by atoms with E-state index in [1.807, 2.05) is 9.80 Å². The number of carbonyl (C=O) groups is 2. The minimum Gasteiger partial charge on any atom is -0.512 e. The van der Waals surface area contributed by atoms with Crippen molar-refractivity contribution in [3.63, 3.8) is 0 Å².